The van der Waals surface area contributed by atoms with Gasteiger partial charge in [-0.15, -0.1) is 0 Å². The van der Waals surface area contributed by atoms with E-state index in [4.69, 9.17) is 0 Å². The molecule has 0 aromatic rings. The lowest BCUT2D eigenvalue weighted by atomic mass is 10.0. The lowest BCUT2D eigenvalue weighted by molar-refractivity contribution is 0.515. The van der Waals surface area contributed by atoms with Gasteiger partial charge < -0.3 is 0 Å². The second-order valence-corrected chi connectivity index (χ2v) is 10.3. The van der Waals surface area contributed by atoms with Crippen LogP contribution in [0.25, 0.3) is 0 Å². The smallest absolute Gasteiger partial charge is 0.0348 e. The molecule has 0 heteroatoms. The van der Waals surface area contributed by atoms with Gasteiger partial charge in [0.2, 0.25) is 0 Å². The quantitative estimate of drug-likeness (QED) is 0.0827. The molecule has 32 heavy (non-hydrogen) atoms. The number of allylic oxidation sites excluding steroid dienone is 3. The molecule has 0 heterocycles. The monoisotopic (exact) mass is 446 g/mol. The highest BCUT2D eigenvalue weighted by Gasteiger charge is 1.96. The molecule has 0 bridgehead atoms. The maximum Gasteiger partial charge on any atom is -0.0348 e. The molecule has 0 spiro atoms. The summed E-state index contributed by atoms with van der Waals surface area (Å²) < 4.78 is 0. The average Bonchev–Trinajstić information content (AvgIpc) is 2.81. The van der Waals surface area contributed by atoms with E-state index in [9.17, 15) is 0 Å². The molecule has 0 aromatic heterocycles. The topological polar surface area (TPSA) is 0 Å². The zero-order chi connectivity index (χ0) is 23.2. The van der Waals surface area contributed by atoms with Gasteiger partial charge in [0.1, 0.15) is 0 Å². The first-order valence-electron chi connectivity index (χ1n) is 15.2. The molecule has 0 saturated heterocycles. The first kappa shape index (κ1) is 31.5. The van der Waals surface area contributed by atoms with E-state index in [1.165, 1.54) is 173 Å². The number of hydrogen-bond acceptors (Lipinski definition) is 0. The Morgan fingerprint density at radius 2 is 0.625 bits per heavy atom. The first-order valence-corrected chi connectivity index (χ1v) is 15.2. The molecular formula is C32H62. The fourth-order valence-electron chi connectivity index (χ4n) is 4.77. The van der Waals surface area contributed by atoms with Crippen molar-refractivity contribution in [2.75, 3.05) is 0 Å². The van der Waals surface area contributed by atoms with E-state index in [-0.39, 0.29) is 0 Å². The van der Waals surface area contributed by atoms with E-state index >= 15 is 0 Å². The molecular weight excluding hydrogens is 384 g/mol. The lowest BCUT2D eigenvalue weighted by Crippen LogP contribution is -1.84. The van der Waals surface area contributed by atoms with Crippen molar-refractivity contribution >= 4 is 0 Å². The van der Waals surface area contributed by atoms with Crippen LogP contribution in [0.2, 0.25) is 0 Å². The predicted octanol–water partition coefficient (Wildman–Crippen LogP) is 12.3. The van der Waals surface area contributed by atoms with Gasteiger partial charge in [0.05, 0.1) is 0 Å². The minimum Gasteiger partial charge on any atom is -0.0991 e. The summed E-state index contributed by atoms with van der Waals surface area (Å²) in [5.41, 5.74) is 0. The molecule has 0 aliphatic heterocycles. The molecule has 0 saturated carbocycles. The van der Waals surface area contributed by atoms with Crippen molar-refractivity contribution in [3.8, 4) is 0 Å². The summed E-state index contributed by atoms with van der Waals surface area (Å²) >= 11 is 0. The predicted molar refractivity (Wildman–Crippen MR) is 150 cm³/mol. The summed E-state index contributed by atoms with van der Waals surface area (Å²) in [4.78, 5) is 0. The van der Waals surface area contributed by atoms with Crippen molar-refractivity contribution in [3.05, 3.63) is 24.8 Å². The summed E-state index contributed by atoms with van der Waals surface area (Å²) in [6.07, 6.45) is 45.5. The Bertz CT molecular complexity index is 353. The van der Waals surface area contributed by atoms with E-state index in [1.807, 2.05) is 6.08 Å². The highest BCUT2D eigenvalue weighted by atomic mass is 14.0. The highest BCUT2D eigenvalue weighted by Crippen LogP contribution is 2.16. The van der Waals surface area contributed by atoms with Crippen LogP contribution in [0.15, 0.2) is 24.8 Å². The number of rotatable bonds is 28. The van der Waals surface area contributed by atoms with Gasteiger partial charge in [-0.05, 0) is 12.8 Å². The van der Waals surface area contributed by atoms with Gasteiger partial charge >= 0.3 is 0 Å². The molecule has 0 radical (unpaired) electrons. The van der Waals surface area contributed by atoms with Crippen molar-refractivity contribution < 1.29 is 0 Å². The zero-order valence-corrected chi connectivity index (χ0v) is 22.5. The van der Waals surface area contributed by atoms with Crippen molar-refractivity contribution in [2.24, 2.45) is 0 Å². The molecule has 0 unspecified atom stereocenters. The van der Waals surface area contributed by atoms with Crippen LogP contribution in [0, 0.1) is 0 Å². The molecule has 0 N–H and O–H groups in total. The molecule has 0 fully saturated rings. The van der Waals surface area contributed by atoms with E-state index in [2.05, 4.69) is 25.7 Å². The van der Waals surface area contributed by atoms with E-state index in [1.54, 1.807) is 0 Å². The fourth-order valence-corrected chi connectivity index (χ4v) is 4.77. The normalized spacial score (nSPS) is 11.5. The molecule has 0 aliphatic rings. The van der Waals surface area contributed by atoms with Crippen molar-refractivity contribution in [1.29, 1.82) is 0 Å². The Kier molecular flexibility index (Phi) is 30.0. The van der Waals surface area contributed by atoms with E-state index in [0.29, 0.717) is 0 Å². The highest BCUT2D eigenvalue weighted by molar-refractivity contribution is 4.96. The Morgan fingerprint density at radius 3 is 0.875 bits per heavy atom. The Balaban J connectivity index is 3.01. The molecule has 0 amide bonds. The van der Waals surface area contributed by atoms with Crippen LogP contribution in [0.5, 0.6) is 0 Å². The van der Waals surface area contributed by atoms with Gasteiger partial charge in [-0.25, -0.2) is 0 Å². The molecule has 0 aliphatic carbocycles. The van der Waals surface area contributed by atoms with Crippen LogP contribution in [0.1, 0.15) is 180 Å². The fraction of sp³-hybridized carbons (Fsp3) is 0.875. The van der Waals surface area contributed by atoms with Gasteiger partial charge in [0.25, 0.3) is 0 Å². The van der Waals surface area contributed by atoms with Gasteiger partial charge in [0.15, 0.2) is 0 Å². The van der Waals surface area contributed by atoms with Crippen LogP contribution >= 0.6 is 0 Å². The largest absolute Gasteiger partial charge is 0.0991 e. The number of hydrogen-bond donors (Lipinski definition) is 0. The van der Waals surface area contributed by atoms with Crippen LogP contribution in [-0.4, -0.2) is 0 Å². The SMILES string of the molecule is C=C/C=C/CCCCCCCCCCCCCCCCCCCCCCCCCCCC. The average molecular weight is 447 g/mol. The van der Waals surface area contributed by atoms with Crippen molar-refractivity contribution in [1.82, 2.24) is 0 Å². The molecule has 0 nitrogen and oxygen atoms in total. The van der Waals surface area contributed by atoms with Gasteiger partial charge in [-0.2, -0.15) is 0 Å². The van der Waals surface area contributed by atoms with E-state index in [0.717, 1.165) is 0 Å². The van der Waals surface area contributed by atoms with Crippen molar-refractivity contribution in [3.63, 3.8) is 0 Å². The minimum atomic E-state index is 1.23. The Morgan fingerprint density at radius 1 is 0.375 bits per heavy atom. The van der Waals surface area contributed by atoms with Gasteiger partial charge in [0, 0.05) is 0 Å². The zero-order valence-electron chi connectivity index (χ0n) is 22.5. The summed E-state index contributed by atoms with van der Waals surface area (Å²) in [5, 5.41) is 0. The second kappa shape index (κ2) is 30.5. The van der Waals surface area contributed by atoms with E-state index < -0.39 is 0 Å². The van der Waals surface area contributed by atoms with Crippen LogP contribution in [-0.2, 0) is 0 Å². The van der Waals surface area contributed by atoms with Gasteiger partial charge in [-0.1, -0.05) is 192 Å². The first-order chi connectivity index (χ1) is 15.9. The van der Waals surface area contributed by atoms with Crippen LogP contribution < -0.4 is 0 Å². The maximum absolute atomic E-state index is 3.71. The summed E-state index contributed by atoms with van der Waals surface area (Å²) in [6.45, 7) is 6.01. The standard InChI is InChI=1S/C32H62/c1-3-5-7-9-11-13-15-17-19-21-23-25-27-29-31-32-30-28-26-24-22-20-18-16-14-12-10-8-6-4-2/h3,5,7H,1,4,6,8-32H2,2H3/b7-5+. The summed E-state index contributed by atoms with van der Waals surface area (Å²) in [5.74, 6) is 0. The van der Waals surface area contributed by atoms with Crippen LogP contribution in [0.4, 0.5) is 0 Å². The van der Waals surface area contributed by atoms with Gasteiger partial charge in [-0.3, -0.25) is 0 Å². The Hall–Kier alpha value is -0.520. The third kappa shape index (κ3) is 29.5. The Labute approximate surface area is 205 Å². The summed E-state index contributed by atoms with van der Waals surface area (Å²) in [7, 11) is 0. The molecule has 0 atom stereocenters. The summed E-state index contributed by atoms with van der Waals surface area (Å²) in [6, 6.07) is 0. The molecule has 190 valence electrons. The third-order valence-corrected chi connectivity index (χ3v) is 7.00. The maximum atomic E-state index is 3.71. The second-order valence-electron chi connectivity index (χ2n) is 10.3. The number of unbranched alkanes of at least 4 members (excludes halogenated alkanes) is 26. The molecule has 0 aromatic carbocycles. The lowest BCUT2D eigenvalue weighted by Gasteiger charge is -2.04. The minimum absolute atomic E-state index is 1.23. The molecule has 0 rings (SSSR count). The van der Waals surface area contributed by atoms with Crippen LogP contribution in [0.3, 0.4) is 0 Å². The third-order valence-electron chi connectivity index (χ3n) is 7.00. The van der Waals surface area contributed by atoms with Crippen molar-refractivity contribution in [2.45, 2.75) is 180 Å².